The van der Waals surface area contributed by atoms with Crippen LogP contribution in [0.15, 0.2) is 36.5 Å². The predicted octanol–water partition coefficient (Wildman–Crippen LogP) is 3.91. The Kier molecular flexibility index (Phi) is 5.32. The van der Waals surface area contributed by atoms with E-state index < -0.39 is 29.0 Å². The lowest BCUT2D eigenvalue weighted by Gasteiger charge is -2.60. The molecule has 1 amide bonds. The molecule has 0 saturated heterocycles. The van der Waals surface area contributed by atoms with Crippen molar-refractivity contribution in [1.82, 2.24) is 4.90 Å². The quantitative estimate of drug-likeness (QED) is 0.399. The lowest BCUT2D eigenvalue weighted by atomic mass is 9.45. The number of fused-ring (bicyclic) bond motifs is 5. The highest BCUT2D eigenvalue weighted by molar-refractivity contribution is 6.01. The van der Waals surface area contributed by atoms with Crippen molar-refractivity contribution in [1.29, 1.82) is 0 Å². The van der Waals surface area contributed by atoms with E-state index in [-0.39, 0.29) is 34.9 Å². The Hall–Kier alpha value is -2.21. The third kappa shape index (κ3) is 2.84. The minimum absolute atomic E-state index is 0.0135. The highest BCUT2D eigenvalue weighted by atomic mass is 16.6. The van der Waals surface area contributed by atoms with Crippen LogP contribution < -0.4 is 0 Å². The summed E-state index contributed by atoms with van der Waals surface area (Å²) >= 11 is 0. The number of hydrogen-bond donors (Lipinski definition) is 1. The number of aliphatic hydroxyl groups is 1. The van der Waals surface area contributed by atoms with Crippen LogP contribution in [0.2, 0.25) is 0 Å². The number of ether oxygens (including phenoxy) is 1. The number of carbonyl (C=O) groups is 3. The van der Waals surface area contributed by atoms with Crippen LogP contribution >= 0.6 is 0 Å². The molecule has 0 bridgehead atoms. The first-order valence-corrected chi connectivity index (χ1v) is 11.6. The molecule has 3 unspecified atom stereocenters. The number of allylic oxidation sites excluding steroid dienone is 4. The number of amides is 1. The number of nitrogens with zero attached hydrogens (tertiary/aromatic N) is 1. The van der Waals surface area contributed by atoms with Gasteiger partial charge in [-0.25, -0.2) is 4.79 Å². The molecule has 0 heterocycles. The molecule has 8 atom stereocenters. The Labute approximate surface area is 190 Å². The van der Waals surface area contributed by atoms with E-state index in [2.05, 4.69) is 20.4 Å². The van der Waals surface area contributed by atoms with E-state index in [1.807, 2.05) is 13.0 Å². The number of esters is 1. The van der Waals surface area contributed by atoms with Gasteiger partial charge in [0.2, 0.25) is 0 Å². The van der Waals surface area contributed by atoms with Gasteiger partial charge >= 0.3 is 12.1 Å². The summed E-state index contributed by atoms with van der Waals surface area (Å²) in [7, 11) is 3.09. The van der Waals surface area contributed by atoms with Crippen LogP contribution in [0, 0.1) is 39.9 Å². The molecule has 0 aliphatic heterocycles. The van der Waals surface area contributed by atoms with Crippen LogP contribution in [0.4, 0.5) is 4.79 Å². The molecule has 0 spiro atoms. The fourth-order valence-electron chi connectivity index (χ4n) is 7.92. The van der Waals surface area contributed by atoms with Gasteiger partial charge in [0.05, 0.1) is 11.5 Å². The van der Waals surface area contributed by atoms with E-state index in [1.165, 1.54) is 4.90 Å². The number of carbonyl (C=O) groups excluding carboxylic acids is 3. The van der Waals surface area contributed by atoms with Gasteiger partial charge in [-0.2, -0.15) is 0 Å². The molecule has 0 aromatic carbocycles. The Balaban J connectivity index is 1.75. The second-order valence-electron chi connectivity index (χ2n) is 11.0. The second-order valence-corrected chi connectivity index (χ2v) is 11.0. The molecule has 4 aliphatic carbocycles. The summed E-state index contributed by atoms with van der Waals surface area (Å²) in [5, 5.41) is 11.5. The molecule has 0 aromatic rings. The van der Waals surface area contributed by atoms with Gasteiger partial charge in [-0.1, -0.05) is 38.5 Å². The summed E-state index contributed by atoms with van der Waals surface area (Å²) in [6.07, 6.45) is 8.60. The third-order valence-electron chi connectivity index (χ3n) is 9.42. The van der Waals surface area contributed by atoms with Crippen molar-refractivity contribution in [2.24, 2.45) is 39.9 Å². The lowest BCUT2D eigenvalue weighted by molar-refractivity contribution is -0.168. The van der Waals surface area contributed by atoms with Crippen LogP contribution in [0.25, 0.3) is 0 Å². The average Bonchev–Trinajstić information content (AvgIpc) is 2.94. The number of rotatable bonds is 2. The average molecular weight is 442 g/mol. The van der Waals surface area contributed by atoms with Gasteiger partial charge in [0.15, 0.2) is 5.78 Å². The highest BCUT2D eigenvalue weighted by Gasteiger charge is 2.70. The smallest absolute Gasteiger partial charge is 0.393 e. The first-order valence-electron chi connectivity index (χ1n) is 11.6. The Morgan fingerprint density at radius 1 is 1.31 bits per heavy atom. The fraction of sp³-hybridized carbons (Fsp3) is 0.654. The molecule has 4 rings (SSSR count). The zero-order chi connectivity index (χ0) is 23.6. The van der Waals surface area contributed by atoms with Crippen LogP contribution in [0.3, 0.4) is 0 Å². The van der Waals surface area contributed by atoms with E-state index in [0.717, 1.165) is 24.8 Å². The summed E-state index contributed by atoms with van der Waals surface area (Å²) in [6.45, 7) is 10.3. The van der Waals surface area contributed by atoms with Gasteiger partial charge in [-0.3, -0.25) is 9.59 Å². The van der Waals surface area contributed by atoms with Crippen molar-refractivity contribution < 1.29 is 24.2 Å². The fourth-order valence-corrected chi connectivity index (χ4v) is 7.92. The molecule has 6 heteroatoms. The number of aliphatic hydroxyl groups excluding tert-OH is 1. The molecule has 3 fully saturated rings. The molecule has 1 N–H and O–H groups in total. The van der Waals surface area contributed by atoms with Gasteiger partial charge < -0.3 is 14.7 Å². The zero-order valence-electron chi connectivity index (χ0n) is 19.8. The third-order valence-corrected chi connectivity index (χ3v) is 9.42. The molecule has 0 radical (unpaired) electrons. The van der Waals surface area contributed by atoms with Gasteiger partial charge in [0.1, 0.15) is 0 Å². The van der Waals surface area contributed by atoms with Crippen LogP contribution in [0.5, 0.6) is 0 Å². The molecular formula is C26H35NO5. The first kappa shape index (κ1) is 23.0. The topological polar surface area (TPSA) is 83.9 Å². The van der Waals surface area contributed by atoms with Crippen molar-refractivity contribution in [2.45, 2.75) is 52.6 Å². The first-order chi connectivity index (χ1) is 14.9. The van der Waals surface area contributed by atoms with Crippen LogP contribution in [-0.2, 0) is 14.3 Å². The Bertz CT molecular complexity index is 935. The predicted molar refractivity (Wildman–Crippen MR) is 120 cm³/mol. The largest absolute Gasteiger partial charge is 0.417 e. The van der Waals surface area contributed by atoms with E-state index in [4.69, 9.17) is 4.74 Å². The maximum absolute atomic E-state index is 13.5. The molecule has 0 aromatic heterocycles. The second kappa shape index (κ2) is 7.41. The van der Waals surface area contributed by atoms with Gasteiger partial charge in [-0.15, -0.1) is 6.58 Å². The Morgan fingerprint density at radius 2 is 2.00 bits per heavy atom. The Morgan fingerprint density at radius 3 is 2.62 bits per heavy atom. The monoisotopic (exact) mass is 441 g/mol. The SMILES string of the molecule is C=C[C@]1(C(=O)OC(=O)N(C)C)[C@H](C)CC2C3CCC4=CC(=O)C=C[C@]4(C)C3[C@@H](O)C[C@@]21C. The van der Waals surface area contributed by atoms with E-state index in [9.17, 15) is 19.5 Å². The molecule has 3 saturated carbocycles. The van der Waals surface area contributed by atoms with E-state index >= 15 is 0 Å². The maximum Gasteiger partial charge on any atom is 0.417 e. The van der Waals surface area contributed by atoms with Gasteiger partial charge in [-0.05, 0) is 61.0 Å². The van der Waals surface area contributed by atoms with Crippen molar-refractivity contribution >= 4 is 17.8 Å². The summed E-state index contributed by atoms with van der Waals surface area (Å²) in [5.74, 6) is -0.269. The zero-order valence-corrected chi connectivity index (χ0v) is 19.8. The van der Waals surface area contributed by atoms with Crippen molar-refractivity contribution in [2.75, 3.05) is 14.1 Å². The summed E-state index contributed by atoms with van der Waals surface area (Å²) < 4.78 is 5.30. The van der Waals surface area contributed by atoms with Crippen LogP contribution in [-0.4, -0.2) is 48.1 Å². The molecule has 32 heavy (non-hydrogen) atoms. The van der Waals surface area contributed by atoms with Gasteiger partial charge in [0.25, 0.3) is 0 Å². The molecule has 6 nitrogen and oxygen atoms in total. The minimum atomic E-state index is -1.05. The summed E-state index contributed by atoms with van der Waals surface area (Å²) in [6, 6.07) is 0. The van der Waals surface area contributed by atoms with E-state index in [1.54, 1.807) is 32.3 Å². The number of ketones is 1. The van der Waals surface area contributed by atoms with Crippen molar-refractivity contribution in [3.63, 3.8) is 0 Å². The van der Waals surface area contributed by atoms with E-state index in [0.29, 0.717) is 6.42 Å². The maximum atomic E-state index is 13.5. The minimum Gasteiger partial charge on any atom is -0.393 e. The van der Waals surface area contributed by atoms with Gasteiger partial charge in [0, 0.05) is 25.4 Å². The highest BCUT2D eigenvalue weighted by Crippen LogP contribution is 2.71. The normalized spacial score (nSPS) is 44.6. The molecule has 4 aliphatic rings. The standard InChI is InChI=1S/C26H35NO5/c1-7-26(22(30)32-23(31)27(5)6)15(2)12-19-18-9-8-16-13-17(28)10-11-24(16,3)21(18)20(29)14-25(19,26)4/h7,10-11,13,15,18-21,29H,1,8-9,12,14H2,2-6H3/t15-,18?,19?,20+,21?,24+,25+,26-/m1/s1. The number of hydrogen-bond acceptors (Lipinski definition) is 5. The lowest BCUT2D eigenvalue weighted by Crippen LogP contribution is -2.59. The molecule has 174 valence electrons. The van der Waals surface area contributed by atoms with Crippen molar-refractivity contribution in [3.05, 3.63) is 36.5 Å². The summed E-state index contributed by atoms with van der Waals surface area (Å²) in [5.41, 5.74) is -0.887. The van der Waals surface area contributed by atoms with Crippen molar-refractivity contribution in [3.8, 4) is 0 Å². The summed E-state index contributed by atoms with van der Waals surface area (Å²) in [4.78, 5) is 38.9. The van der Waals surface area contributed by atoms with Crippen LogP contribution in [0.1, 0.15) is 46.5 Å². The molecular weight excluding hydrogens is 406 g/mol.